The molecule has 2 aromatic carbocycles. The highest BCUT2D eigenvalue weighted by atomic mass is 32.2. The van der Waals surface area contributed by atoms with Crippen molar-refractivity contribution >= 4 is 15.9 Å². The van der Waals surface area contributed by atoms with Crippen molar-refractivity contribution in [2.45, 2.75) is 30.0 Å². The van der Waals surface area contributed by atoms with Gasteiger partial charge in [0.15, 0.2) is 0 Å². The largest absolute Gasteiger partial charge is 0.497 e. The van der Waals surface area contributed by atoms with Gasteiger partial charge in [0.2, 0.25) is 10.0 Å². The molecule has 0 saturated carbocycles. The summed E-state index contributed by atoms with van der Waals surface area (Å²) in [5, 5.41) is 8.89. The Morgan fingerprint density at radius 3 is 2.22 bits per heavy atom. The third-order valence-corrected chi connectivity index (χ3v) is 6.98. The molecule has 8 nitrogen and oxygen atoms in total. The number of nitrogens with zero attached hydrogens (tertiary/aromatic N) is 1. The molecule has 0 bridgehead atoms. The lowest BCUT2D eigenvalue weighted by Gasteiger charge is -2.32. The molecule has 0 atom stereocenters. The summed E-state index contributed by atoms with van der Waals surface area (Å²) in [6, 6.07) is 9.26. The number of methoxy groups -OCH3 is 1. The number of halogens is 3. The monoisotopic (exact) mass is 474 g/mol. The van der Waals surface area contributed by atoms with Crippen LogP contribution in [0.3, 0.4) is 0 Å². The number of benzene rings is 2. The number of rotatable bonds is 6. The Hall–Kier alpha value is -2.83. The first-order valence-electron chi connectivity index (χ1n) is 9.53. The van der Waals surface area contributed by atoms with E-state index < -0.39 is 38.1 Å². The van der Waals surface area contributed by atoms with Crippen molar-refractivity contribution in [1.29, 1.82) is 0 Å². The van der Waals surface area contributed by atoms with Gasteiger partial charge in [-0.25, -0.2) is 13.9 Å². The summed E-state index contributed by atoms with van der Waals surface area (Å²) in [5.41, 5.74) is -1.51. The molecule has 0 radical (unpaired) electrons. The lowest BCUT2D eigenvalue weighted by Crippen LogP contribution is -2.42. The molecule has 0 aliphatic carbocycles. The van der Waals surface area contributed by atoms with Crippen molar-refractivity contribution in [1.82, 2.24) is 9.79 Å². The first kappa shape index (κ1) is 23.8. The van der Waals surface area contributed by atoms with E-state index in [1.807, 2.05) is 0 Å². The van der Waals surface area contributed by atoms with Gasteiger partial charge in [0.1, 0.15) is 17.6 Å². The van der Waals surface area contributed by atoms with Crippen LogP contribution in [0, 0.1) is 0 Å². The maximum Gasteiger partial charge on any atom is 0.417 e. The molecule has 0 aromatic heterocycles. The first-order valence-corrected chi connectivity index (χ1v) is 11.0. The van der Waals surface area contributed by atoms with Gasteiger partial charge >= 0.3 is 6.18 Å². The molecule has 0 unspecified atom stereocenters. The molecule has 2 aromatic rings. The van der Waals surface area contributed by atoms with E-state index >= 15 is 0 Å². The molecule has 1 amide bonds. The molecule has 0 spiro atoms. The van der Waals surface area contributed by atoms with Gasteiger partial charge in [-0.3, -0.25) is 10.0 Å². The summed E-state index contributed by atoms with van der Waals surface area (Å²) in [6.07, 6.45) is -4.69. The molecule has 1 aliphatic heterocycles. The van der Waals surface area contributed by atoms with Crippen molar-refractivity contribution in [2.24, 2.45) is 0 Å². The SMILES string of the molecule is COc1ccc(OC2CCN(S(=O)(=O)c3cccc(C(F)(F)F)c3C(=O)NO)CC2)cc1. The topological polar surface area (TPSA) is 105 Å². The number of nitrogens with one attached hydrogen (secondary N) is 1. The zero-order valence-electron chi connectivity index (χ0n) is 16.9. The lowest BCUT2D eigenvalue weighted by atomic mass is 10.1. The van der Waals surface area contributed by atoms with Crippen LogP contribution in [0.1, 0.15) is 28.8 Å². The van der Waals surface area contributed by atoms with Gasteiger partial charge in [-0.15, -0.1) is 0 Å². The second-order valence-corrected chi connectivity index (χ2v) is 8.92. The number of hydroxylamine groups is 1. The number of sulfonamides is 1. The second kappa shape index (κ2) is 9.35. The molecule has 1 heterocycles. The van der Waals surface area contributed by atoms with Crippen molar-refractivity contribution in [3.8, 4) is 11.5 Å². The number of amides is 1. The molecule has 1 aliphatic rings. The minimum absolute atomic E-state index is 0.0143. The lowest BCUT2D eigenvalue weighted by molar-refractivity contribution is -0.138. The maximum atomic E-state index is 13.4. The molecular weight excluding hydrogens is 453 g/mol. The fraction of sp³-hybridized carbons (Fsp3) is 0.350. The van der Waals surface area contributed by atoms with Crippen LogP contribution in [0.4, 0.5) is 13.2 Å². The molecule has 2 N–H and O–H groups in total. The summed E-state index contributed by atoms with van der Waals surface area (Å²) in [7, 11) is -2.91. The van der Waals surface area contributed by atoms with E-state index in [0.29, 0.717) is 30.4 Å². The van der Waals surface area contributed by atoms with Crippen LogP contribution >= 0.6 is 0 Å². The number of carbonyl (C=O) groups is 1. The standard InChI is InChI=1S/C20H21F3N2O6S/c1-30-13-5-7-14(8-6-13)31-15-9-11-25(12-10-15)32(28,29)17-4-2-3-16(20(21,22)23)18(17)19(26)24-27/h2-8,15,27H,9-12H2,1H3,(H,24,26). The molecule has 174 valence electrons. The molecule has 12 heteroatoms. The Labute approximate surface area is 182 Å². The molecule has 1 saturated heterocycles. The van der Waals surface area contributed by atoms with Crippen molar-refractivity contribution in [2.75, 3.05) is 20.2 Å². The van der Waals surface area contributed by atoms with Crippen molar-refractivity contribution in [3.05, 3.63) is 53.6 Å². The number of ether oxygens (including phenoxy) is 2. The van der Waals surface area contributed by atoms with Crippen LogP contribution in [-0.4, -0.2) is 50.1 Å². The summed E-state index contributed by atoms with van der Waals surface area (Å²) < 4.78 is 78.2. The predicted octanol–water partition coefficient (Wildman–Crippen LogP) is 3.07. The highest BCUT2D eigenvalue weighted by Crippen LogP contribution is 2.36. The van der Waals surface area contributed by atoms with Crippen LogP contribution in [0.15, 0.2) is 47.4 Å². The third-order valence-electron chi connectivity index (χ3n) is 5.04. The Morgan fingerprint density at radius 2 is 1.69 bits per heavy atom. The smallest absolute Gasteiger partial charge is 0.417 e. The average molecular weight is 474 g/mol. The third kappa shape index (κ3) is 4.97. The van der Waals surface area contributed by atoms with Crippen LogP contribution in [-0.2, 0) is 16.2 Å². The van der Waals surface area contributed by atoms with Gasteiger partial charge in [-0.1, -0.05) is 6.07 Å². The molecule has 1 fully saturated rings. The predicted molar refractivity (Wildman–Crippen MR) is 106 cm³/mol. The Kier molecular flexibility index (Phi) is 6.96. The van der Waals surface area contributed by atoms with Crippen LogP contribution in [0.2, 0.25) is 0 Å². The number of alkyl halides is 3. The van der Waals surface area contributed by atoms with E-state index in [4.69, 9.17) is 14.7 Å². The van der Waals surface area contributed by atoms with Gasteiger partial charge in [0.25, 0.3) is 5.91 Å². The second-order valence-electron chi connectivity index (χ2n) is 7.01. The zero-order chi connectivity index (χ0) is 23.5. The quantitative estimate of drug-likeness (QED) is 0.493. The number of hydrogen-bond acceptors (Lipinski definition) is 6. The normalized spacial score (nSPS) is 15.9. The summed E-state index contributed by atoms with van der Waals surface area (Å²) in [6.45, 7) is -0.0286. The van der Waals surface area contributed by atoms with Crippen LogP contribution in [0.25, 0.3) is 0 Å². The fourth-order valence-corrected chi connectivity index (χ4v) is 5.13. The minimum atomic E-state index is -4.99. The van der Waals surface area contributed by atoms with E-state index in [-0.39, 0.29) is 19.2 Å². The highest BCUT2D eigenvalue weighted by Gasteiger charge is 2.40. The fourth-order valence-electron chi connectivity index (χ4n) is 3.45. The van der Waals surface area contributed by atoms with E-state index in [0.717, 1.165) is 21.9 Å². The van der Waals surface area contributed by atoms with Gasteiger partial charge in [-0.05, 0) is 49.2 Å². The van der Waals surface area contributed by atoms with Gasteiger partial charge in [0, 0.05) is 13.1 Å². The molecule has 32 heavy (non-hydrogen) atoms. The van der Waals surface area contributed by atoms with E-state index in [1.165, 1.54) is 7.11 Å². The van der Waals surface area contributed by atoms with E-state index in [1.54, 1.807) is 24.3 Å². The van der Waals surface area contributed by atoms with Crippen molar-refractivity contribution < 1.29 is 41.1 Å². The Bertz CT molecular complexity index is 1070. The highest BCUT2D eigenvalue weighted by molar-refractivity contribution is 7.89. The van der Waals surface area contributed by atoms with Gasteiger partial charge in [-0.2, -0.15) is 17.5 Å². The number of hydrogen-bond donors (Lipinski definition) is 2. The van der Waals surface area contributed by atoms with Gasteiger partial charge < -0.3 is 9.47 Å². The van der Waals surface area contributed by atoms with Crippen LogP contribution < -0.4 is 15.0 Å². The summed E-state index contributed by atoms with van der Waals surface area (Å²) >= 11 is 0. The summed E-state index contributed by atoms with van der Waals surface area (Å²) in [5.74, 6) is -0.330. The molecular formula is C20H21F3N2O6S. The Morgan fingerprint density at radius 1 is 1.09 bits per heavy atom. The van der Waals surface area contributed by atoms with Gasteiger partial charge in [0.05, 0.1) is 23.1 Å². The van der Waals surface area contributed by atoms with Crippen LogP contribution in [0.5, 0.6) is 11.5 Å². The van der Waals surface area contributed by atoms with E-state index in [9.17, 15) is 26.4 Å². The van der Waals surface area contributed by atoms with Crippen molar-refractivity contribution in [3.63, 3.8) is 0 Å². The number of piperidine rings is 1. The number of carbonyl (C=O) groups excluding carboxylic acids is 1. The first-order chi connectivity index (χ1) is 15.1. The Balaban J connectivity index is 1.80. The summed E-state index contributed by atoms with van der Waals surface area (Å²) in [4.78, 5) is 11.1. The zero-order valence-corrected chi connectivity index (χ0v) is 17.7. The minimum Gasteiger partial charge on any atom is -0.497 e. The average Bonchev–Trinajstić information content (AvgIpc) is 2.78. The molecule has 3 rings (SSSR count). The van der Waals surface area contributed by atoms with E-state index in [2.05, 4.69) is 0 Å². The maximum absolute atomic E-state index is 13.4.